The average molecular weight is 276 g/mol. The summed E-state index contributed by atoms with van der Waals surface area (Å²) >= 11 is 0. The number of hydrogen-bond acceptors (Lipinski definition) is 4. The summed E-state index contributed by atoms with van der Waals surface area (Å²) in [5.41, 5.74) is 0.129. The molecule has 0 aliphatic rings. The SMILES string of the molecule is CN(C)CC(C)(O)CNC(=O)Nc1ccc(C#N)cc1. The van der Waals surface area contributed by atoms with Gasteiger partial charge in [0.15, 0.2) is 0 Å². The third-order valence-corrected chi connectivity index (χ3v) is 2.56. The first-order valence-electron chi connectivity index (χ1n) is 6.24. The van der Waals surface area contributed by atoms with E-state index < -0.39 is 11.6 Å². The maximum absolute atomic E-state index is 11.7. The van der Waals surface area contributed by atoms with E-state index in [9.17, 15) is 9.90 Å². The van der Waals surface area contributed by atoms with Crippen molar-refractivity contribution in [3.05, 3.63) is 29.8 Å². The molecule has 1 aromatic rings. The summed E-state index contributed by atoms with van der Waals surface area (Å²) in [6, 6.07) is 8.15. The third kappa shape index (κ3) is 5.69. The first kappa shape index (κ1) is 16.0. The Labute approximate surface area is 119 Å². The second-order valence-electron chi connectivity index (χ2n) is 5.23. The largest absolute Gasteiger partial charge is 0.387 e. The van der Waals surface area contributed by atoms with Gasteiger partial charge in [-0.2, -0.15) is 5.26 Å². The Kier molecular flexibility index (Phi) is 5.50. The van der Waals surface area contributed by atoms with Crippen LogP contribution >= 0.6 is 0 Å². The number of rotatable bonds is 5. The smallest absolute Gasteiger partial charge is 0.319 e. The first-order valence-corrected chi connectivity index (χ1v) is 6.24. The first-order chi connectivity index (χ1) is 9.32. The molecule has 6 heteroatoms. The van der Waals surface area contributed by atoms with Gasteiger partial charge in [-0.15, -0.1) is 0 Å². The van der Waals surface area contributed by atoms with E-state index in [2.05, 4.69) is 10.6 Å². The Morgan fingerprint density at radius 1 is 1.40 bits per heavy atom. The lowest BCUT2D eigenvalue weighted by atomic mass is 10.1. The van der Waals surface area contributed by atoms with Gasteiger partial charge in [0.25, 0.3) is 0 Å². The molecule has 6 nitrogen and oxygen atoms in total. The number of carbonyl (C=O) groups excluding carboxylic acids is 1. The Hall–Kier alpha value is -2.10. The van der Waals surface area contributed by atoms with Crippen molar-refractivity contribution in [2.45, 2.75) is 12.5 Å². The molecular formula is C14H20N4O2. The second kappa shape index (κ2) is 6.89. The highest BCUT2D eigenvalue weighted by atomic mass is 16.3. The molecule has 1 aromatic carbocycles. The van der Waals surface area contributed by atoms with Crippen LogP contribution in [-0.4, -0.2) is 48.8 Å². The fraction of sp³-hybridized carbons (Fsp3) is 0.429. The Morgan fingerprint density at radius 3 is 2.50 bits per heavy atom. The fourth-order valence-electron chi connectivity index (χ4n) is 1.81. The molecular weight excluding hydrogens is 256 g/mol. The van der Waals surface area contributed by atoms with Crippen LogP contribution in [0.2, 0.25) is 0 Å². The molecule has 20 heavy (non-hydrogen) atoms. The highest BCUT2D eigenvalue weighted by Gasteiger charge is 2.21. The second-order valence-corrected chi connectivity index (χ2v) is 5.23. The number of carbonyl (C=O) groups is 1. The van der Waals surface area contributed by atoms with Crippen LogP contribution in [0.5, 0.6) is 0 Å². The predicted molar refractivity (Wildman–Crippen MR) is 77.4 cm³/mol. The van der Waals surface area contributed by atoms with Gasteiger partial charge in [0, 0.05) is 18.8 Å². The third-order valence-electron chi connectivity index (χ3n) is 2.56. The van der Waals surface area contributed by atoms with Gasteiger partial charge in [0.2, 0.25) is 0 Å². The van der Waals surface area contributed by atoms with Crippen molar-refractivity contribution >= 4 is 11.7 Å². The van der Waals surface area contributed by atoms with Gasteiger partial charge in [0.05, 0.1) is 17.2 Å². The topological polar surface area (TPSA) is 88.4 Å². The van der Waals surface area contributed by atoms with Crippen molar-refractivity contribution < 1.29 is 9.90 Å². The molecule has 0 saturated heterocycles. The van der Waals surface area contributed by atoms with Gasteiger partial charge < -0.3 is 20.6 Å². The molecule has 0 saturated carbocycles. The molecule has 1 atom stereocenters. The van der Waals surface area contributed by atoms with Crippen molar-refractivity contribution in [1.82, 2.24) is 10.2 Å². The minimum absolute atomic E-state index is 0.146. The molecule has 0 radical (unpaired) electrons. The van der Waals surface area contributed by atoms with Gasteiger partial charge in [-0.3, -0.25) is 0 Å². The number of likely N-dealkylation sites (N-methyl/N-ethyl adjacent to an activating group) is 1. The van der Waals surface area contributed by atoms with Crippen LogP contribution in [0.15, 0.2) is 24.3 Å². The van der Waals surface area contributed by atoms with Crippen molar-refractivity contribution in [1.29, 1.82) is 5.26 Å². The maximum Gasteiger partial charge on any atom is 0.319 e. The number of urea groups is 1. The molecule has 0 aliphatic heterocycles. The van der Waals surface area contributed by atoms with Crippen LogP contribution in [0.1, 0.15) is 12.5 Å². The number of nitriles is 1. The van der Waals surface area contributed by atoms with E-state index in [1.807, 2.05) is 25.1 Å². The van der Waals surface area contributed by atoms with Crippen LogP contribution in [0.3, 0.4) is 0 Å². The Balaban J connectivity index is 2.45. The number of anilines is 1. The van der Waals surface area contributed by atoms with Crippen LogP contribution in [-0.2, 0) is 0 Å². The lowest BCUT2D eigenvalue weighted by Gasteiger charge is -2.27. The summed E-state index contributed by atoms with van der Waals surface area (Å²) in [7, 11) is 3.70. The maximum atomic E-state index is 11.7. The van der Waals surface area contributed by atoms with Crippen LogP contribution in [0.4, 0.5) is 10.5 Å². The Morgan fingerprint density at radius 2 is 2.00 bits per heavy atom. The monoisotopic (exact) mass is 276 g/mol. The van der Waals surface area contributed by atoms with Crippen molar-refractivity contribution in [3.8, 4) is 6.07 Å². The standard InChI is InChI=1S/C14H20N4O2/c1-14(20,10-18(2)3)9-16-13(19)17-12-6-4-11(8-15)5-7-12/h4-7,20H,9-10H2,1-3H3,(H2,16,17,19). The molecule has 108 valence electrons. The zero-order chi connectivity index (χ0) is 15.2. The van der Waals surface area contributed by atoms with Crippen LogP contribution in [0, 0.1) is 11.3 Å². The van der Waals surface area contributed by atoms with Crippen molar-refractivity contribution in [2.24, 2.45) is 0 Å². The van der Waals surface area contributed by atoms with Gasteiger partial charge in [-0.05, 0) is 45.3 Å². The Bertz CT molecular complexity index is 489. The van der Waals surface area contributed by atoms with E-state index in [1.165, 1.54) is 0 Å². The zero-order valence-corrected chi connectivity index (χ0v) is 12.0. The molecule has 2 amide bonds. The number of amides is 2. The summed E-state index contributed by atoms with van der Waals surface area (Å²) < 4.78 is 0. The summed E-state index contributed by atoms with van der Waals surface area (Å²) in [5, 5.41) is 24.0. The van der Waals surface area contributed by atoms with Gasteiger partial charge in [0.1, 0.15) is 0 Å². The van der Waals surface area contributed by atoms with Crippen molar-refractivity contribution in [3.63, 3.8) is 0 Å². The molecule has 0 heterocycles. The molecule has 0 fully saturated rings. The molecule has 0 spiro atoms. The number of aliphatic hydroxyl groups is 1. The molecule has 0 aliphatic carbocycles. The van der Waals surface area contributed by atoms with Crippen molar-refractivity contribution in [2.75, 3.05) is 32.5 Å². The molecule has 1 rings (SSSR count). The lowest BCUT2D eigenvalue weighted by Crippen LogP contribution is -2.48. The summed E-state index contributed by atoms with van der Waals surface area (Å²) in [5.74, 6) is 0. The summed E-state index contributed by atoms with van der Waals surface area (Å²) in [6.07, 6.45) is 0. The van der Waals surface area contributed by atoms with E-state index in [-0.39, 0.29) is 6.54 Å². The molecule has 0 aromatic heterocycles. The van der Waals surface area contributed by atoms with E-state index in [1.54, 1.807) is 31.2 Å². The van der Waals surface area contributed by atoms with E-state index in [0.29, 0.717) is 17.8 Å². The average Bonchev–Trinajstić information content (AvgIpc) is 2.36. The van der Waals surface area contributed by atoms with Gasteiger partial charge in [-0.1, -0.05) is 0 Å². The fourth-order valence-corrected chi connectivity index (χ4v) is 1.81. The van der Waals surface area contributed by atoms with Crippen LogP contribution in [0.25, 0.3) is 0 Å². The predicted octanol–water partition coefficient (Wildman–Crippen LogP) is 0.992. The zero-order valence-electron chi connectivity index (χ0n) is 12.0. The minimum Gasteiger partial charge on any atom is -0.387 e. The minimum atomic E-state index is -0.995. The highest BCUT2D eigenvalue weighted by molar-refractivity contribution is 5.89. The summed E-state index contributed by atoms with van der Waals surface area (Å²) in [4.78, 5) is 13.5. The van der Waals surface area contributed by atoms with Crippen LogP contribution < -0.4 is 10.6 Å². The van der Waals surface area contributed by atoms with E-state index in [0.717, 1.165) is 0 Å². The quantitative estimate of drug-likeness (QED) is 0.748. The number of hydrogen-bond donors (Lipinski definition) is 3. The number of nitrogens with one attached hydrogen (secondary N) is 2. The highest BCUT2D eigenvalue weighted by Crippen LogP contribution is 2.08. The van der Waals surface area contributed by atoms with Gasteiger partial charge in [-0.25, -0.2) is 4.79 Å². The molecule has 0 bridgehead atoms. The number of nitrogens with zero attached hydrogens (tertiary/aromatic N) is 2. The lowest BCUT2D eigenvalue weighted by molar-refractivity contribution is 0.0364. The molecule has 3 N–H and O–H groups in total. The number of benzene rings is 1. The molecule has 1 unspecified atom stereocenters. The normalized spacial score (nSPS) is 13.4. The summed E-state index contributed by atoms with van der Waals surface area (Å²) in [6.45, 7) is 2.26. The van der Waals surface area contributed by atoms with E-state index >= 15 is 0 Å². The van der Waals surface area contributed by atoms with Gasteiger partial charge >= 0.3 is 6.03 Å². The van der Waals surface area contributed by atoms with E-state index in [4.69, 9.17) is 5.26 Å².